The van der Waals surface area contributed by atoms with Gasteiger partial charge in [-0.25, -0.2) is 8.78 Å². The highest BCUT2D eigenvalue weighted by molar-refractivity contribution is 5.73. The maximum absolute atomic E-state index is 15.1. The first-order valence-corrected chi connectivity index (χ1v) is 15.5. The van der Waals surface area contributed by atoms with E-state index >= 15 is 8.78 Å². The summed E-state index contributed by atoms with van der Waals surface area (Å²) in [6.45, 7) is 3.72. The number of alkyl halides is 3. The van der Waals surface area contributed by atoms with Gasteiger partial charge >= 0.3 is 6.36 Å². The summed E-state index contributed by atoms with van der Waals surface area (Å²) in [4.78, 5) is 0. The summed E-state index contributed by atoms with van der Waals surface area (Å²) in [6.07, 6.45) is -4.80. The van der Waals surface area contributed by atoms with Crippen molar-refractivity contribution in [3.63, 3.8) is 0 Å². The molecule has 0 radical (unpaired) electrons. The van der Waals surface area contributed by atoms with E-state index in [1.54, 1.807) is 49.6 Å². The smallest absolute Gasteiger partial charge is 0.497 e. The minimum atomic E-state index is -4.80. The van der Waals surface area contributed by atoms with Gasteiger partial charge in [0, 0.05) is 11.1 Å². The van der Waals surface area contributed by atoms with Crippen molar-refractivity contribution in [3.05, 3.63) is 144 Å². The molecule has 4 nitrogen and oxygen atoms in total. The van der Waals surface area contributed by atoms with E-state index in [1.807, 2.05) is 56.3 Å². The van der Waals surface area contributed by atoms with Gasteiger partial charge in [-0.05, 0) is 119 Å². The van der Waals surface area contributed by atoms with Crippen molar-refractivity contribution in [2.24, 2.45) is 0 Å². The highest BCUT2D eigenvalue weighted by Crippen LogP contribution is 2.34. The zero-order chi connectivity index (χ0) is 35.4. The van der Waals surface area contributed by atoms with Crippen LogP contribution >= 0.6 is 0 Å². The van der Waals surface area contributed by atoms with E-state index in [2.05, 4.69) is 4.74 Å². The van der Waals surface area contributed by atoms with E-state index in [1.165, 1.54) is 24.3 Å². The molecule has 6 aromatic rings. The molecule has 0 amide bonds. The number of benzene rings is 6. The lowest BCUT2D eigenvalue weighted by molar-refractivity contribution is -0.274. The van der Waals surface area contributed by atoms with Gasteiger partial charge in [-0.3, -0.25) is 0 Å². The molecule has 0 atom stereocenters. The standard InChI is InChI=1S/C41H31F5O4/c1-25-20-29(31-8-16-35(37(42)22-31)27-4-12-33(47-3)13-5-27)10-18-39(25)48-24-49-40-19-11-30(21-26(40)2)32-9-17-36(38(43)23-32)28-6-14-34(15-7-28)50-41(44,45)46/h4-23H,24H2,1-3H3. The molecule has 0 saturated carbocycles. The molecule has 0 heterocycles. The molecule has 6 aromatic carbocycles. The van der Waals surface area contributed by atoms with E-state index in [0.717, 1.165) is 45.5 Å². The molecule has 0 bridgehead atoms. The molecule has 0 aromatic heterocycles. The average molecular weight is 683 g/mol. The zero-order valence-electron chi connectivity index (χ0n) is 27.3. The SMILES string of the molecule is COc1ccc(-c2ccc(-c3ccc(OCOc4ccc(-c5ccc(-c6ccc(OC(F)(F)F)cc6)c(F)c5)cc4C)c(C)c3)cc2F)cc1. The third kappa shape index (κ3) is 7.89. The largest absolute Gasteiger partial charge is 0.573 e. The zero-order valence-corrected chi connectivity index (χ0v) is 27.3. The van der Waals surface area contributed by atoms with E-state index < -0.39 is 12.2 Å². The van der Waals surface area contributed by atoms with Crippen LogP contribution < -0.4 is 18.9 Å². The lowest BCUT2D eigenvalue weighted by Gasteiger charge is -2.14. The molecule has 0 aliphatic heterocycles. The molecule has 0 unspecified atom stereocenters. The lowest BCUT2D eigenvalue weighted by atomic mass is 9.98. The molecule has 0 spiro atoms. The maximum Gasteiger partial charge on any atom is 0.573 e. The fraction of sp³-hybridized carbons (Fsp3) is 0.122. The Balaban J connectivity index is 1.07. The van der Waals surface area contributed by atoms with Gasteiger partial charge in [-0.1, -0.05) is 60.7 Å². The monoisotopic (exact) mass is 682 g/mol. The average Bonchev–Trinajstić information content (AvgIpc) is 3.09. The molecule has 0 fully saturated rings. The molecule has 50 heavy (non-hydrogen) atoms. The number of aryl methyl sites for hydroxylation is 2. The number of hydrogen-bond acceptors (Lipinski definition) is 4. The van der Waals surface area contributed by atoms with Crippen LogP contribution in [0.4, 0.5) is 22.0 Å². The van der Waals surface area contributed by atoms with Crippen molar-refractivity contribution < 1.29 is 40.9 Å². The predicted octanol–water partition coefficient (Wildman–Crippen LogP) is 11.6. The van der Waals surface area contributed by atoms with Crippen LogP contribution in [0.1, 0.15) is 11.1 Å². The van der Waals surface area contributed by atoms with Gasteiger partial charge in [0.05, 0.1) is 7.11 Å². The Hall–Kier alpha value is -5.83. The molecule has 0 aliphatic rings. The van der Waals surface area contributed by atoms with Crippen LogP contribution in [0.3, 0.4) is 0 Å². The molecule has 254 valence electrons. The fourth-order valence-corrected chi connectivity index (χ4v) is 5.60. The van der Waals surface area contributed by atoms with Crippen molar-refractivity contribution in [3.8, 4) is 67.5 Å². The fourth-order valence-electron chi connectivity index (χ4n) is 5.60. The van der Waals surface area contributed by atoms with Gasteiger partial charge in [0.25, 0.3) is 0 Å². The first kappa shape index (κ1) is 34.0. The lowest BCUT2D eigenvalue weighted by Crippen LogP contribution is -2.16. The van der Waals surface area contributed by atoms with Crippen molar-refractivity contribution in [2.45, 2.75) is 20.2 Å². The minimum absolute atomic E-state index is 0.0539. The van der Waals surface area contributed by atoms with Crippen LogP contribution in [0.2, 0.25) is 0 Å². The van der Waals surface area contributed by atoms with Crippen LogP contribution in [0.25, 0.3) is 44.5 Å². The van der Waals surface area contributed by atoms with Gasteiger partial charge in [-0.15, -0.1) is 13.2 Å². The van der Waals surface area contributed by atoms with E-state index in [9.17, 15) is 13.2 Å². The Labute approximate surface area is 286 Å². The Bertz CT molecular complexity index is 2120. The van der Waals surface area contributed by atoms with Crippen LogP contribution in [0.15, 0.2) is 121 Å². The van der Waals surface area contributed by atoms with E-state index in [-0.39, 0.29) is 23.9 Å². The Morgan fingerprint density at radius 2 is 0.860 bits per heavy atom. The van der Waals surface area contributed by atoms with Gasteiger partial charge in [0.1, 0.15) is 34.6 Å². The highest BCUT2D eigenvalue weighted by atomic mass is 19.4. The molecule has 6 rings (SSSR count). The summed E-state index contributed by atoms with van der Waals surface area (Å²) in [6, 6.07) is 33.2. The summed E-state index contributed by atoms with van der Waals surface area (Å²) < 4.78 is 88.4. The maximum atomic E-state index is 15.1. The highest BCUT2D eigenvalue weighted by Gasteiger charge is 2.31. The number of methoxy groups -OCH3 is 1. The Morgan fingerprint density at radius 1 is 0.480 bits per heavy atom. The molecule has 0 saturated heterocycles. The van der Waals surface area contributed by atoms with Crippen molar-refractivity contribution in [2.75, 3.05) is 13.9 Å². The van der Waals surface area contributed by atoms with Crippen LogP contribution in [-0.4, -0.2) is 20.3 Å². The number of halogens is 5. The number of hydrogen-bond donors (Lipinski definition) is 0. The number of ether oxygens (including phenoxy) is 4. The van der Waals surface area contributed by atoms with Crippen LogP contribution in [0.5, 0.6) is 23.0 Å². The quantitative estimate of drug-likeness (QED) is 0.106. The topological polar surface area (TPSA) is 36.9 Å². The molecule has 9 heteroatoms. The van der Waals surface area contributed by atoms with Gasteiger partial charge in [0.2, 0.25) is 6.79 Å². The number of rotatable bonds is 10. The molecular weight excluding hydrogens is 651 g/mol. The summed E-state index contributed by atoms with van der Waals surface area (Å²) >= 11 is 0. The first-order chi connectivity index (χ1) is 24.0. The second kappa shape index (κ2) is 14.3. The summed E-state index contributed by atoms with van der Waals surface area (Å²) in [5.74, 6) is 0.697. The second-order valence-electron chi connectivity index (χ2n) is 11.6. The first-order valence-electron chi connectivity index (χ1n) is 15.5. The Kier molecular flexibility index (Phi) is 9.76. The summed E-state index contributed by atoms with van der Waals surface area (Å²) in [7, 11) is 1.59. The molecule has 0 aliphatic carbocycles. The third-order valence-corrected chi connectivity index (χ3v) is 8.18. The van der Waals surface area contributed by atoms with Crippen molar-refractivity contribution in [1.82, 2.24) is 0 Å². The minimum Gasteiger partial charge on any atom is -0.497 e. The van der Waals surface area contributed by atoms with E-state index in [4.69, 9.17) is 14.2 Å². The van der Waals surface area contributed by atoms with Gasteiger partial charge in [0.15, 0.2) is 0 Å². The predicted molar refractivity (Wildman–Crippen MR) is 183 cm³/mol. The third-order valence-electron chi connectivity index (χ3n) is 8.18. The second-order valence-corrected chi connectivity index (χ2v) is 11.6. The van der Waals surface area contributed by atoms with E-state index in [0.29, 0.717) is 33.9 Å². The molecular formula is C41H31F5O4. The van der Waals surface area contributed by atoms with Gasteiger partial charge in [-0.2, -0.15) is 0 Å². The Morgan fingerprint density at radius 3 is 1.24 bits per heavy atom. The molecule has 0 N–H and O–H groups in total. The normalized spacial score (nSPS) is 11.3. The van der Waals surface area contributed by atoms with Crippen molar-refractivity contribution in [1.29, 1.82) is 0 Å². The van der Waals surface area contributed by atoms with Gasteiger partial charge < -0.3 is 18.9 Å². The summed E-state index contributed by atoms with van der Waals surface area (Å²) in [5.41, 5.74) is 6.57. The van der Waals surface area contributed by atoms with Crippen molar-refractivity contribution >= 4 is 0 Å². The van der Waals surface area contributed by atoms with Crippen LogP contribution in [0, 0.1) is 25.5 Å². The van der Waals surface area contributed by atoms with Crippen LogP contribution in [-0.2, 0) is 0 Å². The summed E-state index contributed by atoms with van der Waals surface area (Å²) in [5, 5.41) is 0.